The van der Waals surface area contributed by atoms with Crippen LogP contribution in [0.1, 0.15) is 42.0 Å². The molecule has 0 aliphatic carbocycles. The molecule has 0 bridgehead atoms. The minimum Gasteiger partial charge on any atom is -0.398 e. The Morgan fingerprint density at radius 1 is 1.41 bits per heavy atom. The van der Waals surface area contributed by atoms with E-state index in [2.05, 4.69) is 16.5 Å². The lowest BCUT2D eigenvalue weighted by molar-refractivity contribution is 0.0679. The van der Waals surface area contributed by atoms with Gasteiger partial charge in [0.25, 0.3) is 5.91 Å². The zero-order chi connectivity index (χ0) is 15.5. The number of rotatable bonds is 3. The molecule has 1 aromatic carbocycles. The molecule has 1 aliphatic heterocycles. The van der Waals surface area contributed by atoms with Gasteiger partial charge in [0, 0.05) is 37.6 Å². The van der Waals surface area contributed by atoms with Gasteiger partial charge in [-0.3, -0.25) is 4.79 Å². The quantitative estimate of drug-likeness (QED) is 0.886. The molecular formula is C17H22N4O. The van der Waals surface area contributed by atoms with Gasteiger partial charge in [-0.25, -0.2) is 4.98 Å². The van der Waals surface area contributed by atoms with Gasteiger partial charge in [-0.1, -0.05) is 19.1 Å². The van der Waals surface area contributed by atoms with E-state index in [1.54, 1.807) is 12.1 Å². The molecule has 3 rings (SSSR count). The summed E-state index contributed by atoms with van der Waals surface area (Å²) in [6.45, 7) is 3.62. The van der Waals surface area contributed by atoms with Crippen molar-refractivity contribution in [3.05, 3.63) is 48.0 Å². The Morgan fingerprint density at radius 3 is 3.00 bits per heavy atom. The Labute approximate surface area is 130 Å². The van der Waals surface area contributed by atoms with E-state index in [1.807, 2.05) is 29.4 Å². The summed E-state index contributed by atoms with van der Waals surface area (Å²) in [4.78, 5) is 19.0. The summed E-state index contributed by atoms with van der Waals surface area (Å²) in [5.41, 5.74) is 7.09. The monoisotopic (exact) mass is 298 g/mol. The fraction of sp³-hybridized carbons (Fsp3) is 0.412. The summed E-state index contributed by atoms with van der Waals surface area (Å²) in [6, 6.07) is 7.59. The molecule has 1 saturated heterocycles. The van der Waals surface area contributed by atoms with Crippen LogP contribution in [0.5, 0.6) is 0 Å². The third-order valence-electron chi connectivity index (χ3n) is 4.33. The molecule has 22 heavy (non-hydrogen) atoms. The highest BCUT2D eigenvalue weighted by molar-refractivity contribution is 5.99. The van der Waals surface area contributed by atoms with Gasteiger partial charge in [0.1, 0.15) is 5.82 Å². The predicted molar refractivity (Wildman–Crippen MR) is 86.6 cm³/mol. The number of imidazole rings is 1. The molecule has 1 aromatic heterocycles. The van der Waals surface area contributed by atoms with Crippen LogP contribution in [-0.4, -0.2) is 33.4 Å². The Balaban J connectivity index is 1.79. The summed E-state index contributed by atoms with van der Waals surface area (Å²) in [5.74, 6) is 1.11. The number of anilines is 1. The second-order valence-electron chi connectivity index (χ2n) is 5.74. The molecule has 2 heterocycles. The summed E-state index contributed by atoms with van der Waals surface area (Å²) < 4.78 is 2.22. The molecule has 1 unspecified atom stereocenters. The average molecular weight is 298 g/mol. The lowest BCUT2D eigenvalue weighted by Gasteiger charge is -2.34. The number of aryl methyl sites for hydroxylation is 1. The average Bonchev–Trinajstić information content (AvgIpc) is 3.03. The normalized spacial score (nSPS) is 18.4. The fourth-order valence-electron chi connectivity index (χ4n) is 3.18. The molecule has 116 valence electrons. The maximum Gasteiger partial charge on any atom is 0.256 e. The number of carbonyl (C=O) groups excluding carboxylic acids is 1. The van der Waals surface area contributed by atoms with Crippen molar-refractivity contribution < 1.29 is 4.79 Å². The number of nitrogen functional groups attached to an aromatic ring is 1. The van der Waals surface area contributed by atoms with Crippen molar-refractivity contribution >= 4 is 11.6 Å². The third-order valence-corrected chi connectivity index (χ3v) is 4.33. The first-order valence-electron chi connectivity index (χ1n) is 7.86. The zero-order valence-corrected chi connectivity index (χ0v) is 12.9. The summed E-state index contributed by atoms with van der Waals surface area (Å²) >= 11 is 0. The number of para-hydroxylation sites is 1. The molecule has 2 aromatic rings. The fourth-order valence-corrected chi connectivity index (χ4v) is 3.18. The molecular weight excluding hydrogens is 276 g/mol. The van der Waals surface area contributed by atoms with Crippen LogP contribution in [-0.2, 0) is 6.42 Å². The van der Waals surface area contributed by atoms with Gasteiger partial charge in [0.05, 0.1) is 11.6 Å². The van der Waals surface area contributed by atoms with E-state index in [0.717, 1.165) is 38.2 Å². The summed E-state index contributed by atoms with van der Waals surface area (Å²) in [5, 5.41) is 0. The number of carbonyl (C=O) groups is 1. The van der Waals surface area contributed by atoms with E-state index in [0.29, 0.717) is 17.3 Å². The van der Waals surface area contributed by atoms with Crippen molar-refractivity contribution in [1.82, 2.24) is 14.5 Å². The van der Waals surface area contributed by atoms with Gasteiger partial charge in [-0.15, -0.1) is 0 Å². The van der Waals surface area contributed by atoms with Gasteiger partial charge < -0.3 is 15.2 Å². The minimum atomic E-state index is 0.0287. The first kappa shape index (κ1) is 14.6. The second kappa shape index (κ2) is 6.22. The lowest BCUT2D eigenvalue weighted by atomic mass is 10.0. The topological polar surface area (TPSA) is 64.2 Å². The number of aromatic nitrogens is 2. The van der Waals surface area contributed by atoms with Crippen LogP contribution in [0.4, 0.5) is 5.69 Å². The number of amides is 1. The zero-order valence-electron chi connectivity index (χ0n) is 12.9. The van der Waals surface area contributed by atoms with E-state index in [1.165, 1.54) is 0 Å². The SMILES string of the molecule is CCc1nccn1C1CCCN(C(=O)c2ccccc2N)C1. The molecule has 5 heteroatoms. The van der Waals surface area contributed by atoms with Crippen molar-refractivity contribution in [3.63, 3.8) is 0 Å². The molecule has 1 amide bonds. The minimum absolute atomic E-state index is 0.0287. The van der Waals surface area contributed by atoms with Crippen molar-refractivity contribution in [2.24, 2.45) is 0 Å². The van der Waals surface area contributed by atoms with Gasteiger partial charge in [0.2, 0.25) is 0 Å². The molecule has 1 fully saturated rings. The molecule has 0 radical (unpaired) electrons. The van der Waals surface area contributed by atoms with E-state index in [-0.39, 0.29) is 5.91 Å². The molecule has 0 spiro atoms. The predicted octanol–water partition coefficient (Wildman–Crippen LogP) is 2.50. The highest BCUT2D eigenvalue weighted by Gasteiger charge is 2.27. The van der Waals surface area contributed by atoms with Gasteiger partial charge in [-0.05, 0) is 25.0 Å². The number of piperidine rings is 1. The van der Waals surface area contributed by atoms with Crippen LogP contribution in [0.2, 0.25) is 0 Å². The van der Waals surface area contributed by atoms with Crippen LogP contribution in [0.3, 0.4) is 0 Å². The van der Waals surface area contributed by atoms with Crippen LogP contribution >= 0.6 is 0 Å². The Kier molecular flexibility index (Phi) is 4.13. The van der Waals surface area contributed by atoms with Crippen molar-refractivity contribution in [2.75, 3.05) is 18.8 Å². The highest BCUT2D eigenvalue weighted by atomic mass is 16.2. The molecule has 0 saturated carbocycles. The Hall–Kier alpha value is -2.30. The largest absolute Gasteiger partial charge is 0.398 e. The standard InChI is InChI=1S/C17H22N4O/c1-2-16-19-9-11-21(16)13-6-5-10-20(12-13)17(22)14-7-3-4-8-15(14)18/h3-4,7-9,11,13H,2,5-6,10,12,18H2,1H3. The first-order valence-corrected chi connectivity index (χ1v) is 7.86. The summed E-state index contributed by atoms with van der Waals surface area (Å²) in [6.07, 6.45) is 6.86. The van der Waals surface area contributed by atoms with Crippen molar-refractivity contribution in [3.8, 4) is 0 Å². The number of benzene rings is 1. The van der Waals surface area contributed by atoms with E-state index < -0.39 is 0 Å². The third kappa shape index (κ3) is 2.71. The summed E-state index contributed by atoms with van der Waals surface area (Å²) in [7, 11) is 0. The van der Waals surface area contributed by atoms with Crippen LogP contribution in [0, 0.1) is 0 Å². The maximum atomic E-state index is 12.7. The van der Waals surface area contributed by atoms with Crippen molar-refractivity contribution in [2.45, 2.75) is 32.2 Å². The van der Waals surface area contributed by atoms with Crippen molar-refractivity contribution in [1.29, 1.82) is 0 Å². The molecule has 2 N–H and O–H groups in total. The van der Waals surface area contributed by atoms with Crippen LogP contribution in [0.15, 0.2) is 36.7 Å². The Bertz CT molecular complexity index is 664. The van der Waals surface area contributed by atoms with Crippen LogP contribution < -0.4 is 5.73 Å². The van der Waals surface area contributed by atoms with E-state index in [4.69, 9.17) is 5.73 Å². The highest BCUT2D eigenvalue weighted by Crippen LogP contribution is 2.25. The number of hydrogen-bond donors (Lipinski definition) is 1. The molecule has 5 nitrogen and oxygen atoms in total. The number of hydrogen-bond acceptors (Lipinski definition) is 3. The number of likely N-dealkylation sites (tertiary alicyclic amines) is 1. The number of nitrogens with zero attached hydrogens (tertiary/aromatic N) is 3. The maximum absolute atomic E-state index is 12.7. The second-order valence-corrected chi connectivity index (χ2v) is 5.74. The smallest absolute Gasteiger partial charge is 0.256 e. The van der Waals surface area contributed by atoms with E-state index in [9.17, 15) is 4.79 Å². The van der Waals surface area contributed by atoms with Gasteiger partial charge in [0.15, 0.2) is 0 Å². The lowest BCUT2D eigenvalue weighted by Crippen LogP contribution is -2.41. The van der Waals surface area contributed by atoms with E-state index >= 15 is 0 Å². The molecule has 1 atom stereocenters. The first-order chi connectivity index (χ1) is 10.7. The van der Waals surface area contributed by atoms with Gasteiger partial charge in [-0.2, -0.15) is 0 Å². The Morgan fingerprint density at radius 2 is 2.23 bits per heavy atom. The number of nitrogens with two attached hydrogens (primary N) is 1. The molecule has 1 aliphatic rings. The van der Waals surface area contributed by atoms with Gasteiger partial charge >= 0.3 is 0 Å². The van der Waals surface area contributed by atoms with Crippen LogP contribution in [0.25, 0.3) is 0 Å².